The first-order chi connectivity index (χ1) is 17.3. The van der Waals surface area contributed by atoms with Gasteiger partial charge >= 0.3 is 6.18 Å². The van der Waals surface area contributed by atoms with Gasteiger partial charge in [0, 0.05) is 6.54 Å². The van der Waals surface area contributed by atoms with E-state index in [1.807, 2.05) is 24.3 Å². The number of benzene rings is 2. The highest BCUT2D eigenvalue weighted by molar-refractivity contribution is 5.80. The summed E-state index contributed by atoms with van der Waals surface area (Å²) in [4.78, 5) is 33.8. The molecule has 0 radical (unpaired) electrons. The fraction of sp³-hybridized carbons (Fsp3) is 0.208. The molecule has 36 heavy (non-hydrogen) atoms. The topological polar surface area (TPSA) is 99.6 Å². The zero-order valence-corrected chi connectivity index (χ0v) is 18.8. The lowest BCUT2D eigenvalue weighted by atomic mass is 10.1. The van der Waals surface area contributed by atoms with Crippen molar-refractivity contribution in [3.63, 3.8) is 0 Å². The molecule has 0 spiro atoms. The van der Waals surface area contributed by atoms with Gasteiger partial charge in [0.25, 0.3) is 5.56 Å². The third-order valence-electron chi connectivity index (χ3n) is 5.72. The average Bonchev–Trinajstić information content (AvgIpc) is 3.45. The minimum Gasteiger partial charge on any atom is -0.353 e. The van der Waals surface area contributed by atoms with Crippen LogP contribution in [0, 0.1) is 0 Å². The van der Waals surface area contributed by atoms with Crippen LogP contribution in [0.3, 0.4) is 0 Å². The van der Waals surface area contributed by atoms with Crippen molar-refractivity contribution in [3.8, 4) is 0 Å². The number of halogens is 3. The molecule has 0 aliphatic rings. The largest absolute Gasteiger partial charge is 0.416 e. The number of alkyl halides is 3. The summed E-state index contributed by atoms with van der Waals surface area (Å²) in [6.07, 6.45) is -0.204. The second-order valence-electron chi connectivity index (χ2n) is 8.19. The molecule has 3 heterocycles. The van der Waals surface area contributed by atoms with E-state index in [1.54, 1.807) is 10.9 Å². The average molecular weight is 495 g/mol. The molecule has 0 atom stereocenters. The first kappa shape index (κ1) is 23.3. The number of rotatable bonds is 7. The van der Waals surface area contributed by atoms with Gasteiger partial charge in [0.05, 0.1) is 42.2 Å². The van der Waals surface area contributed by atoms with Gasteiger partial charge in [0.1, 0.15) is 18.3 Å². The highest BCUT2D eigenvalue weighted by atomic mass is 19.4. The molecule has 0 aliphatic heterocycles. The van der Waals surface area contributed by atoms with E-state index in [1.165, 1.54) is 33.9 Å². The number of para-hydroxylation sites is 2. The molecule has 0 bridgehead atoms. The molecular weight excluding hydrogens is 475 g/mol. The Morgan fingerprint density at radius 1 is 1.00 bits per heavy atom. The Labute approximate surface area is 201 Å². The lowest BCUT2D eigenvalue weighted by molar-refractivity contribution is -0.137. The summed E-state index contributed by atoms with van der Waals surface area (Å²) < 4.78 is 43.4. The predicted octanol–water partition coefficient (Wildman–Crippen LogP) is 2.83. The van der Waals surface area contributed by atoms with Gasteiger partial charge in [-0.2, -0.15) is 18.3 Å². The molecule has 0 fully saturated rings. The van der Waals surface area contributed by atoms with Crippen LogP contribution in [0.4, 0.5) is 13.2 Å². The highest BCUT2D eigenvalue weighted by Gasteiger charge is 2.30. The number of hydrogen-bond acceptors (Lipinski definition) is 5. The summed E-state index contributed by atoms with van der Waals surface area (Å²) in [6, 6.07) is 12.3. The first-order valence-corrected chi connectivity index (χ1v) is 11.0. The molecule has 1 amide bonds. The number of carbonyl (C=O) groups excluding carboxylic acids is 1. The Hall–Kier alpha value is -4.48. The zero-order valence-electron chi connectivity index (χ0n) is 18.8. The van der Waals surface area contributed by atoms with Gasteiger partial charge in [-0.1, -0.05) is 24.3 Å². The van der Waals surface area contributed by atoms with Crippen LogP contribution in [0.2, 0.25) is 0 Å². The van der Waals surface area contributed by atoms with E-state index >= 15 is 0 Å². The predicted molar refractivity (Wildman–Crippen MR) is 125 cm³/mol. The van der Waals surface area contributed by atoms with Gasteiger partial charge < -0.3 is 9.88 Å². The number of nitrogens with zero attached hydrogens (tertiary/aromatic N) is 6. The maximum absolute atomic E-state index is 13.0. The van der Waals surface area contributed by atoms with E-state index in [0.29, 0.717) is 11.2 Å². The molecule has 184 valence electrons. The van der Waals surface area contributed by atoms with Crippen LogP contribution in [0.1, 0.15) is 11.1 Å². The molecule has 5 rings (SSSR count). The van der Waals surface area contributed by atoms with Crippen LogP contribution >= 0.6 is 0 Å². The summed E-state index contributed by atoms with van der Waals surface area (Å²) in [5.74, 6) is -0.203. The fourth-order valence-corrected chi connectivity index (χ4v) is 3.96. The van der Waals surface area contributed by atoms with E-state index in [2.05, 4.69) is 20.4 Å². The SMILES string of the molecule is O=C(Cn1cnc2ccccc21)NCCn1ncc2c(=O)n(Cc3cccc(C(F)(F)F)c3)cnc21. The molecule has 9 nitrogen and oxygen atoms in total. The zero-order chi connectivity index (χ0) is 25.3. The van der Waals surface area contributed by atoms with Crippen molar-refractivity contribution < 1.29 is 18.0 Å². The van der Waals surface area contributed by atoms with Crippen molar-refractivity contribution in [2.24, 2.45) is 0 Å². The van der Waals surface area contributed by atoms with Crippen molar-refractivity contribution in [2.45, 2.75) is 25.8 Å². The van der Waals surface area contributed by atoms with Crippen LogP contribution in [0.15, 0.2) is 72.2 Å². The maximum Gasteiger partial charge on any atom is 0.416 e. The minimum absolute atomic E-state index is 0.0597. The first-order valence-electron chi connectivity index (χ1n) is 11.0. The van der Waals surface area contributed by atoms with E-state index < -0.39 is 17.3 Å². The van der Waals surface area contributed by atoms with Crippen LogP contribution in [-0.2, 0) is 30.6 Å². The van der Waals surface area contributed by atoms with Crippen molar-refractivity contribution in [1.82, 2.24) is 34.2 Å². The summed E-state index contributed by atoms with van der Waals surface area (Å²) in [5, 5.41) is 7.24. The Morgan fingerprint density at radius 2 is 1.81 bits per heavy atom. The molecule has 12 heteroatoms. The Kier molecular flexibility index (Phi) is 6.00. The molecule has 2 aromatic carbocycles. The van der Waals surface area contributed by atoms with Gasteiger partial charge in [0.15, 0.2) is 5.65 Å². The van der Waals surface area contributed by atoms with E-state index in [0.717, 1.165) is 23.2 Å². The van der Waals surface area contributed by atoms with Crippen molar-refractivity contribution in [3.05, 3.63) is 88.9 Å². The van der Waals surface area contributed by atoms with Crippen LogP contribution < -0.4 is 10.9 Å². The second-order valence-corrected chi connectivity index (χ2v) is 8.19. The fourth-order valence-electron chi connectivity index (χ4n) is 3.96. The smallest absolute Gasteiger partial charge is 0.353 e. The molecule has 0 saturated carbocycles. The number of nitrogens with one attached hydrogen (secondary N) is 1. The highest BCUT2D eigenvalue weighted by Crippen LogP contribution is 2.29. The lowest BCUT2D eigenvalue weighted by Crippen LogP contribution is -2.30. The van der Waals surface area contributed by atoms with E-state index in [4.69, 9.17) is 0 Å². The Balaban J connectivity index is 1.24. The van der Waals surface area contributed by atoms with Gasteiger partial charge in [-0.3, -0.25) is 14.2 Å². The number of hydrogen-bond donors (Lipinski definition) is 1. The summed E-state index contributed by atoms with van der Waals surface area (Å²) in [5.41, 5.74) is 1.12. The Bertz CT molecular complexity index is 1620. The summed E-state index contributed by atoms with van der Waals surface area (Å²) in [7, 11) is 0. The Morgan fingerprint density at radius 3 is 2.64 bits per heavy atom. The number of amides is 1. The molecule has 3 aromatic heterocycles. The second kappa shape index (κ2) is 9.29. The van der Waals surface area contributed by atoms with Gasteiger partial charge in [-0.15, -0.1) is 0 Å². The third kappa shape index (κ3) is 4.69. The van der Waals surface area contributed by atoms with Gasteiger partial charge in [-0.25, -0.2) is 14.6 Å². The number of aromatic nitrogens is 6. The number of imidazole rings is 1. The van der Waals surface area contributed by atoms with Crippen LogP contribution in [0.25, 0.3) is 22.1 Å². The number of fused-ring (bicyclic) bond motifs is 2. The van der Waals surface area contributed by atoms with E-state index in [-0.39, 0.29) is 37.5 Å². The third-order valence-corrected chi connectivity index (χ3v) is 5.72. The van der Waals surface area contributed by atoms with Crippen molar-refractivity contribution in [2.75, 3.05) is 6.54 Å². The number of carbonyl (C=O) groups is 1. The standard InChI is InChI=1S/C24H20F3N7O2/c25-24(26,27)17-5-3-4-16(10-17)12-33-15-30-22-18(23(33)36)11-31-34(22)9-8-28-21(35)13-32-14-29-19-6-1-2-7-20(19)32/h1-7,10-11,14-15H,8-9,12-13H2,(H,28,35). The van der Waals surface area contributed by atoms with Crippen molar-refractivity contribution >= 4 is 28.0 Å². The minimum atomic E-state index is -4.47. The lowest BCUT2D eigenvalue weighted by Gasteiger charge is -2.10. The molecular formula is C24H20F3N7O2. The quantitative estimate of drug-likeness (QED) is 0.374. The molecule has 0 saturated heterocycles. The van der Waals surface area contributed by atoms with Gasteiger partial charge in [-0.05, 0) is 29.8 Å². The molecule has 0 aliphatic carbocycles. The normalized spacial score (nSPS) is 11.9. The van der Waals surface area contributed by atoms with Crippen LogP contribution in [0.5, 0.6) is 0 Å². The molecule has 0 unspecified atom stereocenters. The summed E-state index contributed by atoms with van der Waals surface area (Å²) in [6.45, 7) is 0.593. The van der Waals surface area contributed by atoms with Crippen LogP contribution in [-0.4, -0.2) is 41.3 Å². The molecule has 5 aromatic rings. The maximum atomic E-state index is 13.0. The van der Waals surface area contributed by atoms with E-state index in [9.17, 15) is 22.8 Å². The molecule has 1 N–H and O–H groups in total. The van der Waals surface area contributed by atoms with Crippen molar-refractivity contribution in [1.29, 1.82) is 0 Å². The summed E-state index contributed by atoms with van der Waals surface area (Å²) >= 11 is 0. The monoisotopic (exact) mass is 495 g/mol. The van der Waals surface area contributed by atoms with Gasteiger partial charge in [0.2, 0.25) is 5.91 Å².